The first-order valence-corrected chi connectivity index (χ1v) is 7.77. The smallest absolute Gasteiger partial charge is 0.233 e. The SMILES string of the molecule is CC1(C)CCCN1C(=O)CSC1CCNCC1. The number of carbonyl (C=O) groups excluding carboxylic acids is 1. The van der Waals surface area contributed by atoms with Gasteiger partial charge in [0, 0.05) is 17.3 Å². The quantitative estimate of drug-likeness (QED) is 0.837. The summed E-state index contributed by atoms with van der Waals surface area (Å²) >= 11 is 1.86. The molecule has 98 valence electrons. The molecule has 2 saturated heterocycles. The number of rotatable bonds is 3. The van der Waals surface area contributed by atoms with Gasteiger partial charge < -0.3 is 10.2 Å². The maximum absolute atomic E-state index is 12.2. The average molecular weight is 256 g/mol. The van der Waals surface area contributed by atoms with E-state index in [1.165, 1.54) is 12.8 Å². The molecule has 2 aliphatic heterocycles. The van der Waals surface area contributed by atoms with Crippen molar-refractivity contribution in [2.45, 2.75) is 50.3 Å². The Kier molecular flexibility index (Phi) is 4.36. The van der Waals surface area contributed by atoms with Crippen LogP contribution in [0.4, 0.5) is 0 Å². The molecule has 3 nitrogen and oxygen atoms in total. The monoisotopic (exact) mass is 256 g/mol. The Morgan fingerprint density at radius 2 is 2.12 bits per heavy atom. The van der Waals surface area contributed by atoms with Crippen molar-refractivity contribution in [1.29, 1.82) is 0 Å². The summed E-state index contributed by atoms with van der Waals surface area (Å²) in [6.07, 6.45) is 4.73. The molecule has 0 unspecified atom stereocenters. The molecule has 0 atom stereocenters. The Labute approximate surface area is 109 Å². The summed E-state index contributed by atoms with van der Waals surface area (Å²) in [4.78, 5) is 14.3. The number of thioether (sulfide) groups is 1. The molecule has 1 amide bonds. The van der Waals surface area contributed by atoms with Crippen molar-refractivity contribution >= 4 is 17.7 Å². The predicted molar refractivity (Wildman–Crippen MR) is 73.4 cm³/mol. The summed E-state index contributed by atoms with van der Waals surface area (Å²) in [7, 11) is 0. The van der Waals surface area contributed by atoms with E-state index >= 15 is 0 Å². The van der Waals surface area contributed by atoms with Crippen LogP contribution in [0.3, 0.4) is 0 Å². The second-order valence-corrected chi connectivity index (χ2v) is 7.01. The third kappa shape index (κ3) is 3.38. The van der Waals surface area contributed by atoms with Crippen LogP contribution in [0.15, 0.2) is 0 Å². The van der Waals surface area contributed by atoms with Crippen molar-refractivity contribution in [3.05, 3.63) is 0 Å². The van der Waals surface area contributed by atoms with Crippen molar-refractivity contribution in [2.75, 3.05) is 25.4 Å². The third-order valence-electron chi connectivity index (χ3n) is 3.93. The minimum atomic E-state index is 0.0891. The first-order valence-electron chi connectivity index (χ1n) is 6.72. The van der Waals surface area contributed by atoms with Crippen LogP contribution >= 0.6 is 11.8 Å². The van der Waals surface area contributed by atoms with E-state index in [2.05, 4.69) is 24.1 Å². The lowest BCUT2D eigenvalue weighted by Gasteiger charge is -2.32. The van der Waals surface area contributed by atoms with E-state index in [0.717, 1.165) is 32.5 Å². The molecule has 0 aromatic rings. The van der Waals surface area contributed by atoms with Crippen LogP contribution in [0.25, 0.3) is 0 Å². The molecule has 2 heterocycles. The van der Waals surface area contributed by atoms with E-state index in [9.17, 15) is 4.79 Å². The number of amides is 1. The molecule has 0 aromatic carbocycles. The standard InChI is InChI=1S/C13H24N2OS/c1-13(2)6-3-9-15(13)12(16)10-17-11-4-7-14-8-5-11/h11,14H,3-10H2,1-2H3. The number of hydrogen-bond donors (Lipinski definition) is 1. The van der Waals surface area contributed by atoms with E-state index in [1.54, 1.807) is 0 Å². The normalized spacial score (nSPS) is 25.2. The fraction of sp³-hybridized carbons (Fsp3) is 0.923. The highest BCUT2D eigenvalue weighted by Gasteiger charge is 2.35. The highest BCUT2D eigenvalue weighted by molar-refractivity contribution is 8.00. The highest BCUT2D eigenvalue weighted by Crippen LogP contribution is 2.29. The zero-order valence-electron chi connectivity index (χ0n) is 11.0. The lowest BCUT2D eigenvalue weighted by molar-refractivity contribution is -0.131. The molecule has 0 aromatic heterocycles. The van der Waals surface area contributed by atoms with Crippen LogP contribution < -0.4 is 5.32 Å². The predicted octanol–water partition coefficient (Wildman–Crippen LogP) is 1.87. The number of piperidine rings is 1. The minimum absolute atomic E-state index is 0.0891. The van der Waals surface area contributed by atoms with Crippen LogP contribution in [0.1, 0.15) is 39.5 Å². The van der Waals surface area contributed by atoms with Gasteiger partial charge in [0.15, 0.2) is 0 Å². The second kappa shape index (κ2) is 5.61. The zero-order chi connectivity index (χ0) is 12.3. The lowest BCUT2D eigenvalue weighted by Crippen LogP contribution is -2.44. The molecule has 17 heavy (non-hydrogen) atoms. The molecule has 4 heteroatoms. The topological polar surface area (TPSA) is 32.3 Å². The molecular weight excluding hydrogens is 232 g/mol. The van der Waals surface area contributed by atoms with Crippen LogP contribution in [-0.4, -0.2) is 47.0 Å². The fourth-order valence-corrected chi connectivity index (χ4v) is 3.90. The Morgan fingerprint density at radius 1 is 1.41 bits per heavy atom. The van der Waals surface area contributed by atoms with Gasteiger partial charge in [-0.3, -0.25) is 4.79 Å². The Balaban J connectivity index is 1.77. The van der Waals surface area contributed by atoms with Gasteiger partial charge in [-0.25, -0.2) is 0 Å². The Hall–Kier alpha value is -0.220. The molecule has 2 fully saturated rings. The van der Waals surface area contributed by atoms with Gasteiger partial charge in [-0.2, -0.15) is 0 Å². The number of nitrogens with one attached hydrogen (secondary N) is 1. The maximum Gasteiger partial charge on any atom is 0.233 e. The fourth-order valence-electron chi connectivity index (χ4n) is 2.80. The first kappa shape index (κ1) is 13.2. The molecule has 0 spiro atoms. The van der Waals surface area contributed by atoms with Crippen molar-refractivity contribution in [3.8, 4) is 0 Å². The van der Waals surface area contributed by atoms with Gasteiger partial charge >= 0.3 is 0 Å². The van der Waals surface area contributed by atoms with Gasteiger partial charge in [0.2, 0.25) is 5.91 Å². The minimum Gasteiger partial charge on any atom is -0.337 e. The van der Waals surface area contributed by atoms with Crippen molar-refractivity contribution < 1.29 is 4.79 Å². The number of carbonyl (C=O) groups is 1. The van der Waals surface area contributed by atoms with E-state index in [-0.39, 0.29) is 5.54 Å². The van der Waals surface area contributed by atoms with Gasteiger partial charge in [-0.15, -0.1) is 11.8 Å². The largest absolute Gasteiger partial charge is 0.337 e. The zero-order valence-corrected chi connectivity index (χ0v) is 11.8. The summed E-state index contributed by atoms with van der Waals surface area (Å²) in [5.41, 5.74) is 0.0891. The summed E-state index contributed by atoms with van der Waals surface area (Å²) in [5.74, 6) is 1.02. The van der Waals surface area contributed by atoms with Crippen molar-refractivity contribution in [1.82, 2.24) is 10.2 Å². The van der Waals surface area contributed by atoms with Crippen molar-refractivity contribution in [2.24, 2.45) is 0 Å². The highest BCUT2D eigenvalue weighted by atomic mass is 32.2. The van der Waals surface area contributed by atoms with Gasteiger partial charge in [0.1, 0.15) is 0 Å². The van der Waals surface area contributed by atoms with E-state index < -0.39 is 0 Å². The molecule has 2 aliphatic rings. The summed E-state index contributed by atoms with van der Waals surface area (Å²) in [6, 6.07) is 0. The van der Waals surface area contributed by atoms with Gasteiger partial charge in [-0.05, 0) is 52.6 Å². The third-order valence-corrected chi connectivity index (χ3v) is 5.29. The van der Waals surface area contributed by atoms with E-state index in [0.29, 0.717) is 16.9 Å². The van der Waals surface area contributed by atoms with Crippen LogP contribution in [0, 0.1) is 0 Å². The molecule has 1 N–H and O–H groups in total. The Bertz CT molecular complexity index is 275. The van der Waals surface area contributed by atoms with Crippen LogP contribution in [0.5, 0.6) is 0 Å². The van der Waals surface area contributed by atoms with Gasteiger partial charge in [0.25, 0.3) is 0 Å². The first-order chi connectivity index (χ1) is 8.09. The number of nitrogens with zero attached hydrogens (tertiary/aromatic N) is 1. The van der Waals surface area contributed by atoms with Gasteiger partial charge in [-0.1, -0.05) is 0 Å². The summed E-state index contributed by atoms with van der Waals surface area (Å²) in [5, 5.41) is 4.05. The van der Waals surface area contributed by atoms with E-state index in [1.807, 2.05) is 11.8 Å². The van der Waals surface area contributed by atoms with Gasteiger partial charge in [0.05, 0.1) is 5.75 Å². The second-order valence-electron chi connectivity index (χ2n) is 5.72. The number of likely N-dealkylation sites (tertiary alicyclic amines) is 1. The molecule has 0 saturated carbocycles. The Morgan fingerprint density at radius 3 is 2.71 bits per heavy atom. The molecule has 0 radical (unpaired) electrons. The van der Waals surface area contributed by atoms with Crippen molar-refractivity contribution in [3.63, 3.8) is 0 Å². The summed E-state index contributed by atoms with van der Waals surface area (Å²) in [6.45, 7) is 7.56. The van der Waals surface area contributed by atoms with Crippen LogP contribution in [-0.2, 0) is 4.79 Å². The maximum atomic E-state index is 12.2. The van der Waals surface area contributed by atoms with Crippen LogP contribution in [0.2, 0.25) is 0 Å². The average Bonchev–Trinajstić information content (AvgIpc) is 2.67. The molecular formula is C13H24N2OS. The molecule has 0 bridgehead atoms. The van der Waals surface area contributed by atoms with E-state index in [4.69, 9.17) is 0 Å². The lowest BCUT2D eigenvalue weighted by atomic mass is 10.0. The molecule has 2 rings (SSSR count). The summed E-state index contributed by atoms with van der Waals surface area (Å²) < 4.78 is 0. The molecule has 0 aliphatic carbocycles. The number of hydrogen-bond acceptors (Lipinski definition) is 3.